The van der Waals surface area contributed by atoms with Crippen LogP contribution in [-0.2, 0) is 6.18 Å². The van der Waals surface area contributed by atoms with E-state index in [2.05, 4.69) is 27.8 Å². The van der Waals surface area contributed by atoms with Gasteiger partial charge in [-0.2, -0.15) is 18.4 Å². The van der Waals surface area contributed by atoms with Crippen LogP contribution in [0.1, 0.15) is 23.1 Å². The van der Waals surface area contributed by atoms with E-state index >= 15 is 0 Å². The topological polar surface area (TPSA) is 23.8 Å². The molecule has 1 nitrogen and oxygen atoms in total. The molecule has 0 aliphatic rings. The van der Waals surface area contributed by atoms with Gasteiger partial charge in [-0.25, -0.2) is 0 Å². The van der Waals surface area contributed by atoms with E-state index in [-0.39, 0.29) is 11.1 Å². The van der Waals surface area contributed by atoms with E-state index in [1.165, 1.54) is 12.1 Å². The van der Waals surface area contributed by atoms with Crippen LogP contribution in [0.15, 0.2) is 18.2 Å². The molecule has 0 unspecified atom stereocenters. The zero-order valence-electron chi connectivity index (χ0n) is 8.61. The highest BCUT2D eigenvalue weighted by Crippen LogP contribution is 2.32. The molecule has 0 heterocycles. The fraction of sp³-hybridized carbons (Fsp3) is 0.250. The van der Waals surface area contributed by atoms with E-state index in [1.54, 1.807) is 6.07 Å². The Kier molecular flexibility index (Phi) is 4.60. The zero-order chi connectivity index (χ0) is 12.9. The van der Waals surface area contributed by atoms with Crippen LogP contribution < -0.4 is 0 Å². The zero-order valence-corrected chi connectivity index (χ0v) is 10.2. The lowest BCUT2D eigenvalue weighted by atomic mass is 10.0. The predicted molar refractivity (Wildman–Crippen MR) is 61.4 cm³/mol. The van der Waals surface area contributed by atoms with Crippen molar-refractivity contribution in [3.63, 3.8) is 0 Å². The SMILES string of the molecule is N#Cc1ccc(C#CCCBr)c(C(F)(F)F)c1. The molecule has 0 radical (unpaired) electrons. The number of nitriles is 1. The summed E-state index contributed by atoms with van der Waals surface area (Å²) in [6.45, 7) is 0. The van der Waals surface area contributed by atoms with Gasteiger partial charge in [-0.05, 0) is 18.2 Å². The number of hydrogen-bond acceptors (Lipinski definition) is 1. The summed E-state index contributed by atoms with van der Waals surface area (Å²) in [5, 5.41) is 9.18. The van der Waals surface area contributed by atoms with Crippen molar-refractivity contribution in [1.82, 2.24) is 0 Å². The number of nitrogens with zero attached hydrogens (tertiary/aromatic N) is 1. The maximum atomic E-state index is 12.7. The van der Waals surface area contributed by atoms with Gasteiger partial charge in [-0.15, -0.1) is 0 Å². The van der Waals surface area contributed by atoms with Crippen LogP contribution in [0.3, 0.4) is 0 Å². The summed E-state index contributed by atoms with van der Waals surface area (Å²) < 4.78 is 38.1. The fourth-order valence-electron chi connectivity index (χ4n) is 1.16. The van der Waals surface area contributed by atoms with Gasteiger partial charge >= 0.3 is 6.18 Å². The number of hydrogen-bond donors (Lipinski definition) is 0. The number of halogens is 4. The minimum atomic E-state index is -4.49. The molecule has 0 aliphatic heterocycles. The van der Waals surface area contributed by atoms with Crippen molar-refractivity contribution < 1.29 is 13.2 Å². The Labute approximate surface area is 105 Å². The van der Waals surface area contributed by atoms with Gasteiger partial charge < -0.3 is 0 Å². The van der Waals surface area contributed by atoms with Crippen LogP contribution in [0.5, 0.6) is 0 Å². The van der Waals surface area contributed by atoms with Gasteiger partial charge in [0.1, 0.15) is 0 Å². The molecule has 0 spiro atoms. The second-order valence-corrected chi connectivity index (χ2v) is 3.90. The van der Waals surface area contributed by atoms with E-state index in [4.69, 9.17) is 5.26 Å². The third-order valence-corrected chi connectivity index (χ3v) is 2.29. The van der Waals surface area contributed by atoms with E-state index in [1.807, 2.05) is 0 Å². The first-order valence-electron chi connectivity index (χ1n) is 4.65. The van der Waals surface area contributed by atoms with Gasteiger partial charge in [0.25, 0.3) is 0 Å². The average molecular weight is 302 g/mol. The molecule has 1 aromatic rings. The Morgan fingerprint density at radius 3 is 2.53 bits per heavy atom. The minimum absolute atomic E-state index is 0.0247. The van der Waals surface area contributed by atoms with Crippen molar-refractivity contribution in [2.45, 2.75) is 12.6 Å². The largest absolute Gasteiger partial charge is 0.417 e. The van der Waals surface area contributed by atoms with E-state index in [9.17, 15) is 13.2 Å². The third kappa shape index (κ3) is 3.80. The lowest BCUT2D eigenvalue weighted by Crippen LogP contribution is -2.08. The molecule has 88 valence electrons. The standard InChI is InChI=1S/C12H7BrF3N/c13-6-2-1-3-10-5-4-9(8-17)7-11(10)12(14,15)16/h4-5,7H,2,6H2. The molecule has 1 aromatic carbocycles. The van der Waals surface area contributed by atoms with Gasteiger partial charge in [-0.3, -0.25) is 0 Å². The first-order valence-corrected chi connectivity index (χ1v) is 5.77. The Bertz CT molecular complexity index is 503. The van der Waals surface area contributed by atoms with Crippen LogP contribution in [0.2, 0.25) is 0 Å². The van der Waals surface area contributed by atoms with Crippen molar-refractivity contribution in [2.24, 2.45) is 0 Å². The first kappa shape index (κ1) is 13.6. The maximum absolute atomic E-state index is 12.7. The van der Waals surface area contributed by atoms with E-state index in [0.29, 0.717) is 11.8 Å². The lowest BCUT2D eigenvalue weighted by Gasteiger charge is -2.09. The van der Waals surface area contributed by atoms with Crippen molar-refractivity contribution in [2.75, 3.05) is 5.33 Å². The average Bonchev–Trinajstić information content (AvgIpc) is 2.28. The second-order valence-electron chi connectivity index (χ2n) is 3.11. The molecule has 0 atom stereocenters. The molecule has 0 bridgehead atoms. The highest BCUT2D eigenvalue weighted by atomic mass is 79.9. The van der Waals surface area contributed by atoms with Crippen LogP contribution in [-0.4, -0.2) is 5.33 Å². The van der Waals surface area contributed by atoms with Gasteiger partial charge in [0.2, 0.25) is 0 Å². The Morgan fingerprint density at radius 1 is 1.29 bits per heavy atom. The van der Waals surface area contributed by atoms with Crippen LogP contribution in [0.25, 0.3) is 0 Å². The second kappa shape index (κ2) is 5.75. The summed E-state index contributed by atoms with van der Waals surface area (Å²) in [6.07, 6.45) is -4.03. The molecule has 0 saturated carbocycles. The quantitative estimate of drug-likeness (QED) is 0.573. The smallest absolute Gasteiger partial charge is 0.192 e. The summed E-state index contributed by atoms with van der Waals surface area (Å²) in [4.78, 5) is 0. The number of alkyl halides is 4. The maximum Gasteiger partial charge on any atom is 0.417 e. The summed E-state index contributed by atoms with van der Waals surface area (Å²) in [5.74, 6) is 5.08. The Hall–Kier alpha value is -1.46. The third-order valence-electron chi connectivity index (χ3n) is 1.90. The molecule has 5 heteroatoms. The molecule has 0 aromatic heterocycles. The van der Waals surface area contributed by atoms with Crippen molar-refractivity contribution in [1.29, 1.82) is 5.26 Å². The van der Waals surface area contributed by atoms with Gasteiger partial charge in [-0.1, -0.05) is 27.8 Å². The van der Waals surface area contributed by atoms with Gasteiger partial charge in [0, 0.05) is 17.3 Å². The monoisotopic (exact) mass is 301 g/mol. The first-order chi connectivity index (χ1) is 7.99. The molecule has 0 amide bonds. The van der Waals surface area contributed by atoms with Crippen LogP contribution in [0, 0.1) is 23.2 Å². The van der Waals surface area contributed by atoms with Crippen molar-refractivity contribution in [3.8, 4) is 17.9 Å². The molecule has 0 fully saturated rings. The van der Waals surface area contributed by atoms with E-state index < -0.39 is 11.7 Å². The minimum Gasteiger partial charge on any atom is -0.192 e. The molecule has 17 heavy (non-hydrogen) atoms. The van der Waals surface area contributed by atoms with Crippen LogP contribution >= 0.6 is 15.9 Å². The molecule has 0 saturated heterocycles. The summed E-state index contributed by atoms with van der Waals surface area (Å²) >= 11 is 3.14. The number of rotatable bonds is 1. The Balaban J connectivity index is 3.23. The van der Waals surface area contributed by atoms with Gasteiger partial charge in [0.05, 0.1) is 17.2 Å². The lowest BCUT2D eigenvalue weighted by molar-refractivity contribution is -0.137. The van der Waals surface area contributed by atoms with Crippen molar-refractivity contribution >= 4 is 15.9 Å². The fourth-order valence-corrected chi connectivity index (χ4v) is 1.36. The summed E-state index contributed by atoms with van der Waals surface area (Å²) in [7, 11) is 0. The van der Waals surface area contributed by atoms with E-state index in [0.717, 1.165) is 6.07 Å². The normalized spacial score (nSPS) is 10.3. The predicted octanol–water partition coefficient (Wildman–Crippen LogP) is 3.71. The van der Waals surface area contributed by atoms with Gasteiger partial charge in [0.15, 0.2) is 0 Å². The molecular formula is C12H7BrF3N. The molecular weight excluding hydrogens is 295 g/mol. The molecule has 1 rings (SSSR count). The summed E-state index contributed by atoms with van der Waals surface area (Å²) in [5.41, 5.74) is -0.987. The van der Waals surface area contributed by atoms with Crippen LogP contribution in [0.4, 0.5) is 13.2 Å². The number of benzene rings is 1. The highest BCUT2D eigenvalue weighted by molar-refractivity contribution is 9.09. The molecule has 0 N–H and O–H groups in total. The Morgan fingerprint density at radius 2 is 2.00 bits per heavy atom. The highest BCUT2D eigenvalue weighted by Gasteiger charge is 2.33. The van der Waals surface area contributed by atoms with Crippen molar-refractivity contribution in [3.05, 3.63) is 34.9 Å². The summed E-state index contributed by atoms with van der Waals surface area (Å²) in [6, 6.07) is 5.05. The molecule has 0 aliphatic carbocycles.